The summed E-state index contributed by atoms with van der Waals surface area (Å²) < 4.78 is 5.05. The van der Waals surface area contributed by atoms with E-state index < -0.39 is 24.1 Å². The van der Waals surface area contributed by atoms with Crippen LogP contribution in [0.1, 0.15) is 6.42 Å². The SMILES string of the molecule is COc1ccc(N(C)C(=O)N2CC(O)C[C@H]2C(=O)O)cc1. The molecule has 2 rings (SSSR count). The highest BCUT2D eigenvalue weighted by molar-refractivity contribution is 5.94. The average Bonchev–Trinajstić information content (AvgIpc) is 2.88. The van der Waals surface area contributed by atoms with Gasteiger partial charge in [0.05, 0.1) is 13.2 Å². The average molecular weight is 294 g/mol. The summed E-state index contributed by atoms with van der Waals surface area (Å²) in [5.41, 5.74) is 0.617. The zero-order chi connectivity index (χ0) is 15.6. The number of benzene rings is 1. The van der Waals surface area contributed by atoms with Gasteiger partial charge in [-0.15, -0.1) is 0 Å². The number of hydrogen-bond acceptors (Lipinski definition) is 4. The third-order valence-electron chi connectivity index (χ3n) is 3.56. The number of aliphatic hydroxyl groups is 1. The first kappa shape index (κ1) is 15.1. The van der Waals surface area contributed by atoms with Crippen molar-refractivity contribution in [1.82, 2.24) is 4.90 Å². The van der Waals surface area contributed by atoms with Crippen LogP contribution in [0.15, 0.2) is 24.3 Å². The third kappa shape index (κ3) is 3.08. The first-order valence-electron chi connectivity index (χ1n) is 6.53. The molecule has 0 bridgehead atoms. The van der Waals surface area contributed by atoms with E-state index >= 15 is 0 Å². The minimum absolute atomic E-state index is 0.0241. The number of rotatable bonds is 3. The van der Waals surface area contributed by atoms with Gasteiger partial charge in [0, 0.05) is 25.7 Å². The molecule has 7 nitrogen and oxygen atoms in total. The Balaban J connectivity index is 2.15. The summed E-state index contributed by atoms with van der Waals surface area (Å²) in [6, 6.07) is 5.40. The van der Waals surface area contributed by atoms with Crippen molar-refractivity contribution in [1.29, 1.82) is 0 Å². The first-order valence-corrected chi connectivity index (χ1v) is 6.53. The number of carbonyl (C=O) groups is 2. The van der Waals surface area contributed by atoms with Crippen LogP contribution in [0, 0.1) is 0 Å². The summed E-state index contributed by atoms with van der Waals surface area (Å²) >= 11 is 0. The zero-order valence-electron chi connectivity index (χ0n) is 11.9. The highest BCUT2D eigenvalue weighted by Crippen LogP contribution is 2.23. The molecule has 2 atom stereocenters. The number of β-amino-alcohol motifs (C(OH)–C–C–N with tert-alkyl or cyclic N) is 1. The topological polar surface area (TPSA) is 90.3 Å². The Labute approximate surface area is 122 Å². The molecule has 21 heavy (non-hydrogen) atoms. The summed E-state index contributed by atoms with van der Waals surface area (Å²) in [5, 5.41) is 18.7. The quantitative estimate of drug-likeness (QED) is 0.859. The van der Waals surface area contributed by atoms with Crippen molar-refractivity contribution in [2.24, 2.45) is 0 Å². The molecule has 0 saturated carbocycles. The van der Waals surface area contributed by atoms with Crippen LogP contribution in [0.2, 0.25) is 0 Å². The van der Waals surface area contributed by atoms with Crippen LogP contribution in [0.25, 0.3) is 0 Å². The van der Waals surface area contributed by atoms with Gasteiger partial charge in [-0.3, -0.25) is 4.90 Å². The van der Waals surface area contributed by atoms with E-state index in [-0.39, 0.29) is 13.0 Å². The summed E-state index contributed by atoms with van der Waals surface area (Å²) in [7, 11) is 3.11. The maximum atomic E-state index is 12.4. The van der Waals surface area contributed by atoms with Crippen LogP contribution in [0.4, 0.5) is 10.5 Å². The minimum atomic E-state index is -1.11. The number of aliphatic carboxylic acids is 1. The molecule has 0 radical (unpaired) electrons. The van der Waals surface area contributed by atoms with E-state index in [0.29, 0.717) is 11.4 Å². The predicted octanol–water partition coefficient (Wildman–Crippen LogP) is 0.771. The lowest BCUT2D eigenvalue weighted by Gasteiger charge is -2.27. The van der Waals surface area contributed by atoms with Crippen LogP contribution in [-0.4, -0.2) is 60.0 Å². The summed E-state index contributed by atoms with van der Waals surface area (Å²) in [6.45, 7) is 0.0241. The van der Waals surface area contributed by atoms with Crippen LogP contribution < -0.4 is 9.64 Å². The van der Waals surface area contributed by atoms with Gasteiger partial charge in [0.2, 0.25) is 0 Å². The third-order valence-corrected chi connectivity index (χ3v) is 3.56. The maximum absolute atomic E-state index is 12.4. The summed E-state index contributed by atoms with van der Waals surface area (Å²) in [4.78, 5) is 26.1. The second-order valence-corrected chi connectivity index (χ2v) is 4.94. The molecule has 114 valence electrons. The molecule has 2 N–H and O–H groups in total. The fourth-order valence-electron chi connectivity index (χ4n) is 2.37. The summed E-state index contributed by atoms with van der Waals surface area (Å²) in [6.07, 6.45) is -0.753. The first-order chi connectivity index (χ1) is 9.93. The number of ether oxygens (including phenoxy) is 1. The molecule has 1 heterocycles. The fourth-order valence-corrected chi connectivity index (χ4v) is 2.37. The Hall–Kier alpha value is -2.28. The molecule has 1 aromatic rings. The molecule has 0 spiro atoms. The van der Waals surface area contributed by atoms with E-state index in [1.165, 1.54) is 9.80 Å². The number of methoxy groups -OCH3 is 1. The smallest absolute Gasteiger partial charge is 0.326 e. The molecule has 0 aliphatic carbocycles. The van der Waals surface area contributed by atoms with Crippen molar-refractivity contribution in [3.63, 3.8) is 0 Å². The van der Waals surface area contributed by atoms with E-state index in [4.69, 9.17) is 9.84 Å². The number of aliphatic hydroxyl groups excluding tert-OH is 1. The molecule has 1 aliphatic rings. The van der Waals surface area contributed by atoms with Gasteiger partial charge in [-0.1, -0.05) is 0 Å². The van der Waals surface area contributed by atoms with Gasteiger partial charge in [0.15, 0.2) is 0 Å². The number of amides is 2. The number of hydrogen-bond donors (Lipinski definition) is 2. The maximum Gasteiger partial charge on any atom is 0.326 e. The second-order valence-electron chi connectivity index (χ2n) is 4.94. The number of carboxylic acids is 1. The van der Waals surface area contributed by atoms with Crippen LogP contribution in [0.3, 0.4) is 0 Å². The summed E-state index contributed by atoms with van der Waals surface area (Å²) in [5.74, 6) is -0.442. The number of carbonyl (C=O) groups excluding carboxylic acids is 1. The van der Waals surface area contributed by atoms with E-state index in [9.17, 15) is 14.7 Å². The number of anilines is 1. The fraction of sp³-hybridized carbons (Fsp3) is 0.429. The highest BCUT2D eigenvalue weighted by Gasteiger charge is 2.40. The van der Waals surface area contributed by atoms with Crippen molar-refractivity contribution in [2.75, 3.05) is 25.6 Å². The lowest BCUT2D eigenvalue weighted by atomic mass is 10.2. The molecule has 1 unspecified atom stereocenters. The van der Waals surface area contributed by atoms with Crippen molar-refractivity contribution in [2.45, 2.75) is 18.6 Å². The number of nitrogens with zero attached hydrogens (tertiary/aromatic N) is 2. The molecular weight excluding hydrogens is 276 g/mol. The van der Waals surface area contributed by atoms with Crippen molar-refractivity contribution in [3.8, 4) is 5.75 Å². The van der Waals surface area contributed by atoms with Gasteiger partial charge >= 0.3 is 12.0 Å². The van der Waals surface area contributed by atoms with Gasteiger partial charge in [-0.2, -0.15) is 0 Å². The second kappa shape index (κ2) is 6.01. The monoisotopic (exact) mass is 294 g/mol. The van der Waals surface area contributed by atoms with E-state index in [1.807, 2.05) is 0 Å². The van der Waals surface area contributed by atoms with Gasteiger partial charge in [0.1, 0.15) is 11.8 Å². The molecule has 2 amide bonds. The number of urea groups is 1. The number of carboxylic acid groups (broad SMARTS) is 1. The Morgan fingerprint density at radius 3 is 2.48 bits per heavy atom. The van der Waals surface area contributed by atoms with Gasteiger partial charge in [-0.05, 0) is 24.3 Å². The van der Waals surface area contributed by atoms with Gasteiger partial charge in [0.25, 0.3) is 0 Å². The van der Waals surface area contributed by atoms with Crippen molar-refractivity contribution in [3.05, 3.63) is 24.3 Å². The van der Waals surface area contributed by atoms with Crippen LogP contribution in [-0.2, 0) is 4.79 Å². The lowest BCUT2D eigenvalue weighted by Crippen LogP contribution is -2.47. The van der Waals surface area contributed by atoms with E-state index in [1.54, 1.807) is 38.4 Å². The zero-order valence-corrected chi connectivity index (χ0v) is 11.9. The molecule has 1 aromatic carbocycles. The Kier molecular flexibility index (Phi) is 4.32. The molecular formula is C14H18N2O5. The van der Waals surface area contributed by atoms with Crippen LogP contribution >= 0.6 is 0 Å². The number of likely N-dealkylation sites (tertiary alicyclic amines) is 1. The van der Waals surface area contributed by atoms with Gasteiger partial charge < -0.3 is 19.8 Å². The van der Waals surface area contributed by atoms with E-state index in [0.717, 1.165) is 0 Å². The van der Waals surface area contributed by atoms with Crippen LogP contribution in [0.5, 0.6) is 5.75 Å². The standard InChI is InChI=1S/C14H18N2O5/c1-15(9-3-5-11(21-2)6-4-9)14(20)16-8-10(17)7-12(16)13(18)19/h3-6,10,12,17H,7-8H2,1-2H3,(H,18,19)/t10?,12-/m0/s1. The molecule has 7 heteroatoms. The Morgan fingerprint density at radius 2 is 1.95 bits per heavy atom. The largest absolute Gasteiger partial charge is 0.497 e. The van der Waals surface area contributed by atoms with E-state index in [2.05, 4.69) is 0 Å². The molecule has 0 aromatic heterocycles. The Bertz CT molecular complexity index is 531. The molecule has 1 fully saturated rings. The highest BCUT2D eigenvalue weighted by atomic mass is 16.5. The van der Waals surface area contributed by atoms with Crippen molar-refractivity contribution < 1.29 is 24.5 Å². The molecule has 1 saturated heterocycles. The minimum Gasteiger partial charge on any atom is -0.497 e. The predicted molar refractivity (Wildman–Crippen MR) is 75.5 cm³/mol. The van der Waals surface area contributed by atoms with Crippen molar-refractivity contribution >= 4 is 17.7 Å². The Morgan fingerprint density at radius 1 is 1.33 bits per heavy atom. The molecule has 1 aliphatic heterocycles. The lowest BCUT2D eigenvalue weighted by molar-refractivity contribution is -0.141. The van der Waals surface area contributed by atoms with Gasteiger partial charge in [-0.25, -0.2) is 9.59 Å². The normalized spacial score (nSPS) is 21.2.